The molecule has 3 rings (SSSR count). The molecule has 1 saturated heterocycles. The Morgan fingerprint density at radius 1 is 1.22 bits per heavy atom. The van der Waals surface area contributed by atoms with Crippen molar-refractivity contribution in [1.82, 2.24) is 4.90 Å². The summed E-state index contributed by atoms with van der Waals surface area (Å²) in [5, 5.41) is 3.40. The van der Waals surface area contributed by atoms with Crippen LogP contribution in [-0.4, -0.2) is 29.9 Å². The van der Waals surface area contributed by atoms with Gasteiger partial charge in [0.2, 0.25) is 0 Å². The van der Waals surface area contributed by atoms with Crippen LogP contribution in [0.5, 0.6) is 0 Å². The van der Waals surface area contributed by atoms with E-state index in [2.05, 4.69) is 5.32 Å². The lowest BCUT2D eigenvalue weighted by molar-refractivity contribution is 0.0714. The lowest BCUT2D eigenvalue weighted by Gasteiger charge is -2.33. The summed E-state index contributed by atoms with van der Waals surface area (Å²) in [7, 11) is 0. The average molecular weight is 312 g/mol. The van der Waals surface area contributed by atoms with Crippen LogP contribution in [0.1, 0.15) is 28.8 Å². The summed E-state index contributed by atoms with van der Waals surface area (Å²) in [5.74, 6) is -0.158. The highest BCUT2D eigenvalue weighted by Crippen LogP contribution is 2.18. The maximum absolute atomic E-state index is 13.0. The number of hydrogen-bond donors (Lipinski definition) is 1. The number of nitrogens with zero attached hydrogens (tertiary/aromatic N) is 1. The Balaban J connectivity index is 1.66. The molecule has 1 aliphatic rings. The van der Waals surface area contributed by atoms with Gasteiger partial charge in [-0.15, -0.1) is 0 Å². The van der Waals surface area contributed by atoms with Gasteiger partial charge in [-0.05, 0) is 56.2 Å². The minimum atomic E-state index is -0.240. The monoisotopic (exact) mass is 312 g/mol. The molecule has 0 aliphatic carbocycles. The second-order valence-electron chi connectivity index (χ2n) is 6.11. The first-order valence-electron chi connectivity index (χ1n) is 8.00. The topological polar surface area (TPSA) is 32.3 Å². The Kier molecular flexibility index (Phi) is 4.60. The van der Waals surface area contributed by atoms with Crippen molar-refractivity contribution >= 4 is 11.6 Å². The Labute approximate surface area is 136 Å². The van der Waals surface area contributed by atoms with Crippen molar-refractivity contribution in [3.05, 3.63) is 65.5 Å². The summed E-state index contributed by atoms with van der Waals surface area (Å²) in [6, 6.07) is 14.3. The zero-order chi connectivity index (χ0) is 16.2. The van der Waals surface area contributed by atoms with Gasteiger partial charge in [0.15, 0.2) is 0 Å². The van der Waals surface area contributed by atoms with E-state index >= 15 is 0 Å². The van der Waals surface area contributed by atoms with E-state index in [1.165, 1.54) is 12.1 Å². The Bertz CT molecular complexity index is 684. The number of anilines is 1. The van der Waals surface area contributed by atoms with Gasteiger partial charge in [-0.25, -0.2) is 4.39 Å². The van der Waals surface area contributed by atoms with Crippen molar-refractivity contribution in [2.75, 3.05) is 18.4 Å². The second kappa shape index (κ2) is 6.82. The van der Waals surface area contributed by atoms with Crippen LogP contribution in [0.3, 0.4) is 0 Å². The smallest absolute Gasteiger partial charge is 0.253 e. The molecular formula is C19H21FN2O. The van der Waals surface area contributed by atoms with Crippen LogP contribution >= 0.6 is 0 Å². The van der Waals surface area contributed by atoms with Gasteiger partial charge < -0.3 is 10.2 Å². The Morgan fingerprint density at radius 2 is 2.00 bits per heavy atom. The molecule has 0 bridgehead atoms. The minimum Gasteiger partial charge on any atom is -0.381 e. The van der Waals surface area contributed by atoms with E-state index < -0.39 is 0 Å². The molecular weight excluding hydrogens is 291 g/mol. The Hall–Kier alpha value is -2.36. The van der Waals surface area contributed by atoms with Crippen molar-refractivity contribution in [3.63, 3.8) is 0 Å². The normalized spacial score (nSPS) is 17.8. The molecule has 1 aliphatic heterocycles. The molecule has 1 atom stereocenters. The van der Waals surface area contributed by atoms with Gasteiger partial charge in [0, 0.05) is 30.4 Å². The average Bonchev–Trinajstić information content (AvgIpc) is 2.56. The summed E-state index contributed by atoms with van der Waals surface area (Å²) in [6.07, 6.45) is 1.98. The third-order valence-electron chi connectivity index (χ3n) is 4.19. The highest BCUT2D eigenvalue weighted by molar-refractivity contribution is 5.94. The number of carbonyl (C=O) groups is 1. The van der Waals surface area contributed by atoms with E-state index in [0.29, 0.717) is 6.54 Å². The quantitative estimate of drug-likeness (QED) is 0.933. The number of nitrogens with one attached hydrogen (secondary N) is 1. The highest BCUT2D eigenvalue weighted by Gasteiger charge is 2.24. The molecule has 2 aromatic rings. The standard InChI is InChI=1S/C19H21FN2O/c1-14-4-2-5-15(12-14)19(23)22-11-3-6-18(13-22)21-17-9-7-16(20)8-10-17/h2,4-5,7-10,12,18,21H,3,6,11,13H2,1H3. The first-order valence-corrected chi connectivity index (χ1v) is 8.00. The summed E-state index contributed by atoms with van der Waals surface area (Å²) in [5.41, 5.74) is 2.72. The van der Waals surface area contributed by atoms with E-state index in [1.54, 1.807) is 12.1 Å². The third kappa shape index (κ3) is 3.89. The van der Waals surface area contributed by atoms with E-state index in [9.17, 15) is 9.18 Å². The molecule has 23 heavy (non-hydrogen) atoms. The molecule has 120 valence electrons. The molecule has 0 spiro atoms. The van der Waals surface area contributed by atoms with Gasteiger partial charge in [-0.3, -0.25) is 4.79 Å². The number of halogens is 1. The van der Waals surface area contributed by atoms with Crippen LogP contribution in [0.2, 0.25) is 0 Å². The number of hydrogen-bond acceptors (Lipinski definition) is 2. The number of piperidine rings is 1. The zero-order valence-electron chi connectivity index (χ0n) is 13.3. The van der Waals surface area contributed by atoms with Crippen LogP contribution < -0.4 is 5.32 Å². The molecule has 1 fully saturated rings. The predicted octanol–water partition coefficient (Wildman–Crippen LogP) is 3.85. The van der Waals surface area contributed by atoms with E-state index in [4.69, 9.17) is 0 Å². The summed E-state index contributed by atoms with van der Waals surface area (Å²) in [4.78, 5) is 14.5. The molecule has 1 heterocycles. The third-order valence-corrected chi connectivity index (χ3v) is 4.19. The maximum atomic E-state index is 13.0. The molecule has 1 amide bonds. The van der Waals surface area contributed by atoms with Gasteiger partial charge in [-0.1, -0.05) is 17.7 Å². The largest absolute Gasteiger partial charge is 0.381 e. The summed E-state index contributed by atoms with van der Waals surface area (Å²) < 4.78 is 13.0. The second-order valence-corrected chi connectivity index (χ2v) is 6.11. The first kappa shape index (κ1) is 15.5. The lowest BCUT2D eigenvalue weighted by atomic mass is 10.0. The lowest BCUT2D eigenvalue weighted by Crippen LogP contribution is -2.45. The molecule has 4 heteroatoms. The van der Waals surface area contributed by atoms with E-state index in [0.717, 1.165) is 36.2 Å². The number of rotatable bonds is 3. The predicted molar refractivity (Wildman–Crippen MR) is 90.1 cm³/mol. The zero-order valence-corrected chi connectivity index (χ0v) is 13.3. The van der Waals surface area contributed by atoms with Gasteiger partial charge >= 0.3 is 0 Å². The molecule has 0 saturated carbocycles. The fourth-order valence-electron chi connectivity index (χ4n) is 3.02. The van der Waals surface area contributed by atoms with Gasteiger partial charge in [0.25, 0.3) is 5.91 Å². The fraction of sp³-hybridized carbons (Fsp3) is 0.316. The minimum absolute atomic E-state index is 0.0827. The SMILES string of the molecule is Cc1cccc(C(=O)N2CCCC(Nc3ccc(F)cc3)C2)c1. The Morgan fingerprint density at radius 3 is 2.74 bits per heavy atom. The van der Waals surface area contributed by atoms with Gasteiger partial charge in [0.1, 0.15) is 5.82 Å². The number of likely N-dealkylation sites (tertiary alicyclic amines) is 1. The number of carbonyl (C=O) groups excluding carboxylic acids is 1. The number of aryl methyl sites for hydroxylation is 1. The van der Waals surface area contributed by atoms with Crippen molar-refractivity contribution in [2.24, 2.45) is 0 Å². The van der Waals surface area contributed by atoms with E-state index in [-0.39, 0.29) is 17.8 Å². The molecule has 2 aromatic carbocycles. The number of benzene rings is 2. The summed E-state index contributed by atoms with van der Waals surface area (Å²) in [6.45, 7) is 3.45. The fourth-order valence-corrected chi connectivity index (χ4v) is 3.02. The van der Waals surface area contributed by atoms with Gasteiger partial charge in [0.05, 0.1) is 0 Å². The highest BCUT2D eigenvalue weighted by atomic mass is 19.1. The summed E-state index contributed by atoms with van der Waals surface area (Å²) >= 11 is 0. The van der Waals surface area contributed by atoms with Crippen LogP contribution in [0.25, 0.3) is 0 Å². The van der Waals surface area contributed by atoms with Crippen molar-refractivity contribution < 1.29 is 9.18 Å². The van der Waals surface area contributed by atoms with Crippen molar-refractivity contribution in [2.45, 2.75) is 25.8 Å². The van der Waals surface area contributed by atoms with E-state index in [1.807, 2.05) is 36.1 Å². The van der Waals surface area contributed by atoms with Crippen molar-refractivity contribution in [3.8, 4) is 0 Å². The maximum Gasteiger partial charge on any atom is 0.253 e. The number of amides is 1. The molecule has 0 aromatic heterocycles. The van der Waals surface area contributed by atoms with Crippen molar-refractivity contribution in [1.29, 1.82) is 0 Å². The molecule has 1 unspecified atom stereocenters. The first-order chi connectivity index (χ1) is 11.1. The van der Waals surface area contributed by atoms with Crippen LogP contribution in [0.15, 0.2) is 48.5 Å². The molecule has 3 nitrogen and oxygen atoms in total. The van der Waals surface area contributed by atoms with Crippen LogP contribution in [-0.2, 0) is 0 Å². The molecule has 1 N–H and O–H groups in total. The van der Waals surface area contributed by atoms with Gasteiger partial charge in [-0.2, -0.15) is 0 Å². The van der Waals surface area contributed by atoms with Crippen LogP contribution in [0, 0.1) is 12.7 Å². The molecule has 0 radical (unpaired) electrons. The van der Waals surface area contributed by atoms with Crippen LogP contribution in [0.4, 0.5) is 10.1 Å².